The highest BCUT2D eigenvalue weighted by Gasteiger charge is 2.23. The molecule has 0 radical (unpaired) electrons. The molecule has 0 aliphatic heterocycles. The fourth-order valence-electron chi connectivity index (χ4n) is 4.18. The van der Waals surface area contributed by atoms with Gasteiger partial charge in [-0.1, -0.05) is 30.3 Å². The van der Waals surface area contributed by atoms with E-state index < -0.39 is 0 Å². The van der Waals surface area contributed by atoms with Crippen LogP contribution in [0.3, 0.4) is 0 Å². The van der Waals surface area contributed by atoms with Crippen molar-refractivity contribution in [2.75, 3.05) is 5.32 Å². The first kappa shape index (κ1) is 19.0. The Morgan fingerprint density at radius 2 is 1.90 bits per heavy atom. The summed E-state index contributed by atoms with van der Waals surface area (Å²) >= 11 is 0. The number of hydrogen-bond acceptors (Lipinski definition) is 4. The number of aryl methyl sites for hydroxylation is 1. The molecule has 0 atom stereocenters. The zero-order valence-electron chi connectivity index (χ0n) is 16.6. The van der Waals surface area contributed by atoms with Gasteiger partial charge in [0.05, 0.1) is 12.3 Å². The summed E-state index contributed by atoms with van der Waals surface area (Å²) in [5.41, 5.74) is 3.62. The Kier molecular flexibility index (Phi) is 5.48. The minimum atomic E-state index is -0.149. The summed E-state index contributed by atoms with van der Waals surface area (Å²) in [6.07, 6.45) is 9.67. The summed E-state index contributed by atoms with van der Waals surface area (Å²) < 4.78 is 3.20. The lowest BCUT2D eigenvalue weighted by Crippen LogP contribution is -2.30. The van der Waals surface area contributed by atoms with Crippen molar-refractivity contribution in [2.24, 2.45) is 7.05 Å². The first-order valence-electron chi connectivity index (χ1n) is 10.1. The van der Waals surface area contributed by atoms with E-state index in [4.69, 9.17) is 5.26 Å². The van der Waals surface area contributed by atoms with Crippen LogP contribution in [0.25, 0.3) is 11.1 Å². The minimum absolute atomic E-state index is 0.0301. The zero-order chi connectivity index (χ0) is 20.2. The van der Waals surface area contributed by atoms with E-state index in [0.29, 0.717) is 11.6 Å². The van der Waals surface area contributed by atoms with Crippen molar-refractivity contribution in [1.82, 2.24) is 14.3 Å². The van der Waals surface area contributed by atoms with Gasteiger partial charge >= 0.3 is 0 Å². The average Bonchev–Trinajstić information content (AvgIpc) is 3.18. The van der Waals surface area contributed by atoms with Gasteiger partial charge in [0.2, 0.25) is 0 Å². The lowest BCUT2D eigenvalue weighted by atomic mass is 9.82. The second-order valence-corrected chi connectivity index (χ2v) is 7.74. The first-order chi connectivity index (χ1) is 14.1. The topological polar surface area (TPSA) is 75.6 Å². The highest BCUT2D eigenvalue weighted by Crippen LogP contribution is 2.34. The van der Waals surface area contributed by atoms with Gasteiger partial charge in [0.1, 0.15) is 12.2 Å². The van der Waals surface area contributed by atoms with E-state index in [-0.39, 0.29) is 18.1 Å². The third-order valence-electron chi connectivity index (χ3n) is 5.72. The molecule has 0 amide bonds. The van der Waals surface area contributed by atoms with Gasteiger partial charge in [-0.05, 0) is 43.2 Å². The fraction of sp³-hybridized carbons (Fsp3) is 0.348. The Hall–Kier alpha value is -3.33. The molecule has 1 aliphatic rings. The quantitative estimate of drug-likeness (QED) is 0.720. The molecule has 0 bridgehead atoms. The van der Waals surface area contributed by atoms with Crippen LogP contribution in [0.1, 0.15) is 37.2 Å². The van der Waals surface area contributed by atoms with Crippen LogP contribution in [-0.4, -0.2) is 20.4 Å². The SMILES string of the molecule is Cn1cc(-c2cc(N[C@H]3CC[C@@H](c4ccccc4)CC3)c(=O)n(CC#N)c2)cn1. The van der Waals surface area contributed by atoms with Gasteiger partial charge in [-0.2, -0.15) is 10.4 Å². The molecule has 4 rings (SSSR count). The lowest BCUT2D eigenvalue weighted by molar-refractivity contribution is 0.412. The van der Waals surface area contributed by atoms with Crippen molar-refractivity contribution >= 4 is 5.69 Å². The largest absolute Gasteiger partial charge is 0.378 e. The molecule has 148 valence electrons. The summed E-state index contributed by atoms with van der Waals surface area (Å²) in [6.45, 7) is 0.0301. The van der Waals surface area contributed by atoms with Crippen LogP contribution in [0, 0.1) is 11.3 Å². The first-order valence-corrected chi connectivity index (χ1v) is 10.1. The monoisotopic (exact) mass is 387 g/mol. The summed E-state index contributed by atoms with van der Waals surface area (Å²) in [5.74, 6) is 0.589. The van der Waals surface area contributed by atoms with E-state index in [1.165, 1.54) is 10.1 Å². The van der Waals surface area contributed by atoms with E-state index in [1.54, 1.807) is 17.1 Å². The van der Waals surface area contributed by atoms with Crippen molar-refractivity contribution in [1.29, 1.82) is 5.26 Å². The van der Waals surface area contributed by atoms with Gasteiger partial charge in [0.15, 0.2) is 0 Å². The third-order valence-corrected chi connectivity index (χ3v) is 5.72. The lowest BCUT2D eigenvalue weighted by Gasteiger charge is -2.30. The molecule has 1 aliphatic carbocycles. The number of benzene rings is 1. The number of nitrogens with zero attached hydrogens (tertiary/aromatic N) is 4. The molecule has 6 nitrogen and oxygen atoms in total. The van der Waals surface area contributed by atoms with Crippen LogP contribution >= 0.6 is 0 Å². The number of nitrogens with one attached hydrogen (secondary N) is 1. The maximum atomic E-state index is 12.8. The molecular weight excluding hydrogens is 362 g/mol. The second-order valence-electron chi connectivity index (χ2n) is 7.74. The van der Waals surface area contributed by atoms with Crippen LogP contribution < -0.4 is 10.9 Å². The van der Waals surface area contributed by atoms with E-state index in [9.17, 15) is 4.79 Å². The molecule has 2 heterocycles. The standard InChI is InChI=1S/C23H25N5O/c1-27-15-20(14-25-27)19-13-22(23(29)28(16-19)12-11-24)26-21-9-7-18(8-10-21)17-5-3-2-4-6-17/h2-6,13-16,18,21,26H,7-10,12H2,1H3/t18-,21+. The molecule has 0 saturated heterocycles. The molecule has 1 fully saturated rings. The van der Waals surface area contributed by atoms with Crippen LogP contribution in [0.4, 0.5) is 5.69 Å². The van der Waals surface area contributed by atoms with Gasteiger partial charge in [-0.3, -0.25) is 14.0 Å². The number of nitriles is 1. The van der Waals surface area contributed by atoms with Crippen molar-refractivity contribution in [3.63, 3.8) is 0 Å². The number of anilines is 1. The fourth-order valence-corrected chi connectivity index (χ4v) is 4.18. The molecule has 0 spiro atoms. The third kappa shape index (κ3) is 4.24. The Balaban J connectivity index is 1.53. The van der Waals surface area contributed by atoms with Crippen LogP contribution in [0.15, 0.2) is 59.8 Å². The summed E-state index contributed by atoms with van der Waals surface area (Å²) in [7, 11) is 1.86. The maximum Gasteiger partial charge on any atom is 0.274 e. The summed E-state index contributed by atoms with van der Waals surface area (Å²) in [6, 6.07) is 14.9. The van der Waals surface area contributed by atoms with E-state index in [2.05, 4.69) is 46.8 Å². The summed E-state index contributed by atoms with van der Waals surface area (Å²) in [5, 5.41) is 16.8. The van der Waals surface area contributed by atoms with Crippen molar-refractivity contribution in [3.05, 3.63) is 70.9 Å². The van der Waals surface area contributed by atoms with Crippen LogP contribution in [0.5, 0.6) is 0 Å². The van der Waals surface area contributed by atoms with E-state index in [1.807, 2.05) is 19.3 Å². The Labute approximate surface area is 170 Å². The molecule has 29 heavy (non-hydrogen) atoms. The minimum Gasteiger partial charge on any atom is -0.378 e. The predicted octanol–water partition coefficient (Wildman–Crippen LogP) is 3.91. The smallest absolute Gasteiger partial charge is 0.274 e. The van der Waals surface area contributed by atoms with Crippen molar-refractivity contribution in [2.45, 2.75) is 44.2 Å². The van der Waals surface area contributed by atoms with E-state index >= 15 is 0 Å². The van der Waals surface area contributed by atoms with Crippen molar-refractivity contribution < 1.29 is 0 Å². The number of rotatable bonds is 5. The normalized spacial score (nSPS) is 18.9. The number of hydrogen-bond donors (Lipinski definition) is 1. The van der Waals surface area contributed by atoms with Gasteiger partial charge in [-0.15, -0.1) is 0 Å². The Morgan fingerprint density at radius 3 is 2.55 bits per heavy atom. The molecule has 1 N–H and O–H groups in total. The highest BCUT2D eigenvalue weighted by atomic mass is 16.1. The molecular formula is C23H25N5O. The molecule has 2 aromatic heterocycles. The average molecular weight is 387 g/mol. The number of pyridine rings is 1. The second kappa shape index (κ2) is 8.36. The zero-order valence-corrected chi connectivity index (χ0v) is 16.6. The summed E-state index contributed by atoms with van der Waals surface area (Å²) in [4.78, 5) is 12.8. The molecule has 6 heteroatoms. The Morgan fingerprint density at radius 1 is 1.14 bits per heavy atom. The van der Waals surface area contributed by atoms with Gasteiger partial charge in [0, 0.05) is 36.6 Å². The predicted molar refractivity (Wildman–Crippen MR) is 114 cm³/mol. The molecule has 0 unspecified atom stereocenters. The van der Waals surface area contributed by atoms with Crippen molar-refractivity contribution in [3.8, 4) is 17.2 Å². The van der Waals surface area contributed by atoms with Gasteiger partial charge in [-0.25, -0.2) is 0 Å². The molecule has 1 saturated carbocycles. The highest BCUT2D eigenvalue weighted by molar-refractivity contribution is 5.65. The molecule has 1 aromatic carbocycles. The molecule has 3 aromatic rings. The number of aromatic nitrogens is 3. The maximum absolute atomic E-state index is 12.8. The van der Waals surface area contributed by atoms with Gasteiger partial charge < -0.3 is 5.32 Å². The van der Waals surface area contributed by atoms with E-state index in [0.717, 1.165) is 36.8 Å². The van der Waals surface area contributed by atoms with Crippen LogP contribution in [-0.2, 0) is 13.6 Å². The van der Waals surface area contributed by atoms with Crippen LogP contribution in [0.2, 0.25) is 0 Å². The van der Waals surface area contributed by atoms with Gasteiger partial charge in [0.25, 0.3) is 5.56 Å². The Bertz CT molecular complexity index is 1070.